The zero-order valence-electron chi connectivity index (χ0n) is 12.9. The fourth-order valence-corrected chi connectivity index (χ4v) is 2.82. The van der Waals surface area contributed by atoms with Gasteiger partial charge in [0.25, 0.3) is 0 Å². The number of nitrogens with two attached hydrogens (primary N) is 1. The maximum Gasteiger partial charge on any atom is 0.247 e. The van der Waals surface area contributed by atoms with Gasteiger partial charge in [0.05, 0.1) is 6.10 Å². The second-order valence-electron chi connectivity index (χ2n) is 6.00. The Morgan fingerprint density at radius 3 is 2.64 bits per heavy atom. The molecule has 0 saturated heterocycles. The molecule has 22 heavy (non-hydrogen) atoms. The molecule has 0 aliphatic heterocycles. The van der Waals surface area contributed by atoms with Crippen LogP contribution >= 0.6 is 12.4 Å². The minimum Gasteiger partial charge on any atom is -0.378 e. The Morgan fingerprint density at radius 2 is 2.05 bits per heavy atom. The van der Waals surface area contributed by atoms with E-state index in [1.807, 2.05) is 19.1 Å². The SMILES string of the molecule is CCOC1CC(N)(c2nc(-c3ccncc3)no2)C1(C)C.Cl. The molecule has 1 saturated carbocycles. The van der Waals surface area contributed by atoms with Crippen molar-refractivity contribution in [1.29, 1.82) is 0 Å². The lowest BCUT2D eigenvalue weighted by Crippen LogP contribution is -2.67. The van der Waals surface area contributed by atoms with E-state index < -0.39 is 5.54 Å². The molecule has 3 rings (SSSR count). The van der Waals surface area contributed by atoms with Gasteiger partial charge in [-0.15, -0.1) is 12.4 Å². The van der Waals surface area contributed by atoms with E-state index in [1.165, 1.54) is 0 Å². The Labute approximate surface area is 135 Å². The Kier molecular flexibility index (Phi) is 4.56. The molecule has 1 aliphatic rings. The Hall–Kier alpha value is -1.50. The lowest BCUT2D eigenvalue weighted by Gasteiger charge is -2.56. The van der Waals surface area contributed by atoms with Crippen LogP contribution in [0.2, 0.25) is 0 Å². The van der Waals surface area contributed by atoms with Gasteiger partial charge in [0.15, 0.2) is 0 Å². The molecule has 0 aromatic carbocycles. The van der Waals surface area contributed by atoms with Crippen molar-refractivity contribution in [3.63, 3.8) is 0 Å². The highest BCUT2D eigenvalue weighted by molar-refractivity contribution is 5.85. The van der Waals surface area contributed by atoms with E-state index in [-0.39, 0.29) is 23.9 Å². The molecule has 6 nitrogen and oxygen atoms in total. The van der Waals surface area contributed by atoms with Gasteiger partial charge < -0.3 is 15.0 Å². The van der Waals surface area contributed by atoms with E-state index in [9.17, 15) is 0 Å². The summed E-state index contributed by atoms with van der Waals surface area (Å²) in [5.41, 5.74) is 6.50. The highest BCUT2D eigenvalue weighted by Gasteiger charge is 2.62. The van der Waals surface area contributed by atoms with E-state index in [4.69, 9.17) is 15.0 Å². The summed E-state index contributed by atoms with van der Waals surface area (Å²) in [6.07, 6.45) is 4.19. The number of hydrogen-bond donors (Lipinski definition) is 1. The molecule has 2 aromatic heterocycles. The third-order valence-electron chi connectivity index (χ3n) is 4.58. The van der Waals surface area contributed by atoms with Crippen molar-refractivity contribution in [3.8, 4) is 11.4 Å². The number of halogens is 1. The maximum atomic E-state index is 6.53. The molecule has 2 atom stereocenters. The van der Waals surface area contributed by atoms with Crippen LogP contribution in [0.3, 0.4) is 0 Å². The van der Waals surface area contributed by atoms with Gasteiger partial charge >= 0.3 is 0 Å². The van der Waals surface area contributed by atoms with Crippen LogP contribution < -0.4 is 5.73 Å². The molecule has 7 heteroatoms. The molecular weight excluding hydrogens is 304 g/mol. The first-order valence-electron chi connectivity index (χ1n) is 7.14. The summed E-state index contributed by atoms with van der Waals surface area (Å²) in [4.78, 5) is 8.46. The van der Waals surface area contributed by atoms with E-state index >= 15 is 0 Å². The largest absolute Gasteiger partial charge is 0.378 e. The Bertz CT molecular complexity index is 631. The van der Waals surface area contributed by atoms with E-state index in [1.54, 1.807) is 12.4 Å². The molecule has 2 N–H and O–H groups in total. The van der Waals surface area contributed by atoms with Gasteiger partial charge in [0.1, 0.15) is 5.54 Å². The van der Waals surface area contributed by atoms with Crippen LogP contribution in [-0.4, -0.2) is 27.8 Å². The predicted molar refractivity (Wildman–Crippen MR) is 84.5 cm³/mol. The quantitative estimate of drug-likeness (QED) is 0.930. The normalized spacial score (nSPS) is 26.1. The topological polar surface area (TPSA) is 87.1 Å². The lowest BCUT2D eigenvalue weighted by molar-refractivity contribution is -0.162. The van der Waals surface area contributed by atoms with E-state index in [0.29, 0.717) is 24.7 Å². The van der Waals surface area contributed by atoms with Crippen LogP contribution in [0, 0.1) is 5.41 Å². The summed E-state index contributed by atoms with van der Waals surface area (Å²) >= 11 is 0. The van der Waals surface area contributed by atoms with E-state index in [0.717, 1.165) is 5.56 Å². The minimum absolute atomic E-state index is 0. The van der Waals surface area contributed by atoms with Crippen molar-refractivity contribution in [2.24, 2.45) is 11.1 Å². The van der Waals surface area contributed by atoms with Crippen molar-refractivity contribution in [3.05, 3.63) is 30.4 Å². The molecule has 0 bridgehead atoms. The Morgan fingerprint density at radius 1 is 1.36 bits per heavy atom. The molecule has 0 spiro atoms. The van der Waals surface area contributed by atoms with Gasteiger partial charge in [-0.05, 0) is 19.1 Å². The third-order valence-corrected chi connectivity index (χ3v) is 4.58. The number of hydrogen-bond acceptors (Lipinski definition) is 6. The monoisotopic (exact) mass is 324 g/mol. The van der Waals surface area contributed by atoms with Crippen molar-refractivity contribution in [2.75, 3.05) is 6.61 Å². The molecule has 1 fully saturated rings. The summed E-state index contributed by atoms with van der Waals surface area (Å²) in [6.45, 7) is 6.82. The van der Waals surface area contributed by atoms with Gasteiger partial charge in [0, 0.05) is 36.4 Å². The number of ether oxygens (including phenoxy) is 1. The molecular formula is C15H21ClN4O2. The molecule has 2 unspecified atom stereocenters. The van der Waals surface area contributed by atoms with Gasteiger partial charge in [-0.25, -0.2) is 0 Å². The first kappa shape index (κ1) is 16.9. The maximum absolute atomic E-state index is 6.53. The summed E-state index contributed by atoms with van der Waals surface area (Å²) < 4.78 is 11.1. The lowest BCUT2D eigenvalue weighted by atomic mass is 9.54. The first-order chi connectivity index (χ1) is 9.99. The third kappa shape index (κ3) is 2.41. The molecule has 1 aliphatic carbocycles. The van der Waals surface area contributed by atoms with Gasteiger partial charge in [0.2, 0.25) is 11.7 Å². The predicted octanol–water partition coefficient (Wildman–Crippen LogP) is 2.54. The second kappa shape index (κ2) is 5.95. The zero-order valence-corrected chi connectivity index (χ0v) is 13.8. The molecule has 120 valence electrons. The fourth-order valence-electron chi connectivity index (χ4n) is 2.82. The van der Waals surface area contributed by atoms with Gasteiger partial charge in [-0.2, -0.15) is 4.98 Å². The highest BCUT2D eigenvalue weighted by atomic mass is 35.5. The van der Waals surface area contributed by atoms with Crippen LogP contribution in [0.5, 0.6) is 0 Å². The van der Waals surface area contributed by atoms with Crippen LogP contribution in [-0.2, 0) is 10.3 Å². The average molecular weight is 325 g/mol. The summed E-state index contributed by atoms with van der Waals surface area (Å²) in [7, 11) is 0. The highest BCUT2D eigenvalue weighted by Crippen LogP contribution is 2.55. The van der Waals surface area contributed by atoms with E-state index in [2.05, 4.69) is 29.0 Å². The smallest absolute Gasteiger partial charge is 0.247 e. The number of aromatic nitrogens is 3. The molecule has 0 amide bonds. The van der Waals surface area contributed by atoms with Crippen LogP contribution in [0.15, 0.2) is 29.0 Å². The first-order valence-corrected chi connectivity index (χ1v) is 7.14. The van der Waals surface area contributed by atoms with Crippen molar-refractivity contribution in [1.82, 2.24) is 15.1 Å². The second-order valence-corrected chi connectivity index (χ2v) is 6.00. The van der Waals surface area contributed by atoms with Crippen molar-refractivity contribution < 1.29 is 9.26 Å². The standard InChI is InChI=1S/C15H20N4O2.ClH/c1-4-20-11-9-15(16,14(11,2)3)13-18-12(19-21-13)10-5-7-17-8-6-10;/h5-8,11H,4,9,16H2,1-3H3;1H. The Balaban J connectivity index is 0.00000176. The summed E-state index contributed by atoms with van der Waals surface area (Å²) in [5, 5.41) is 4.04. The summed E-state index contributed by atoms with van der Waals surface area (Å²) in [6, 6.07) is 3.68. The molecule has 0 radical (unpaired) electrons. The molecule has 2 aromatic rings. The number of rotatable bonds is 4. The van der Waals surface area contributed by atoms with Crippen molar-refractivity contribution >= 4 is 12.4 Å². The fraction of sp³-hybridized carbons (Fsp3) is 0.533. The van der Waals surface area contributed by atoms with Gasteiger partial charge in [-0.3, -0.25) is 4.98 Å². The summed E-state index contributed by atoms with van der Waals surface area (Å²) in [5.74, 6) is 1.00. The zero-order chi connectivity index (χ0) is 15.1. The number of pyridine rings is 1. The minimum atomic E-state index is -0.648. The van der Waals surface area contributed by atoms with Gasteiger partial charge in [-0.1, -0.05) is 19.0 Å². The molecule has 2 heterocycles. The van der Waals surface area contributed by atoms with Crippen molar-refractivity contribution in [2.45, 2.75) is 38.8 Å². The van der Waals surface area contributed by atoms with Crippen LogP contribution in [0.25, 0.3) is 11.4 Å². The van der Waals surface area contributed by atoms with Crippen LogP contribution in [0.4, 0.5) is 0 Å². The average Bonchev–Trinajstić information content (AvgIpc) is 2.98. The van der Waals surface area contributed by atoms with Crippen LogP contribution in [0.1, 0.15) is 33.1 Å². The number of nitrogens with zero attached hydrogens (tertiary/aromatic N) is 3.